The van der Waals surface area contributed by atoms with Gasteiger partial charge in [-0.2, -0.15) is 13.2 Å². The molecule has 17 heavy (non-hydrogen) atoms. The highest BCUT2D eigenvalue weighted by Gasteiger charge is 2.26. The molecule has 0 aliphatic carbocycles. The first-order valence-electron chi connectivity index (χ1n) is 5.55. The summed E-state index contributed by atoms with van der Waals surface area (Å²) in [6.45, 7) is 2.73. The highest BCUT2D eigenvalue weighted by Crippen LogP contribution is 2.22. The Morgan fingerprint density at radius 3 is 2.82 bits per heavy atom. The molecule has 0 radical (unpaired) electrons. The predicted molar refractivity (Wildman–Crippen MR) is 63.1 cm³/mol. The van der Waals surface area contributed by atoms with Gasteiger partial charge in [-0.1, -0.05) is 12.2 Å². The van der Waals surface area contributed by atoms with Crippen molar-refractivity contribution in [1.29, 1.82) is 0 Å². The van der Waals surface area contributed by atoms with E-state index < -0.39 is 12.6 Å². The van der Waals surface area contributed by atoms with Crippen LogP contribution in [0.1, 0.15) is 19.8 Å². The van der Waals surface area contributed by atoms with Crippen LogP contribution >= 0.6 is 0 Å². The van der Waals surface area contributed by atoms with E-state index in [1.807, 2.05) is 26.1 Å². The van der Waals surface area contributed by atoms with Crippen LogP contribution in [0.25, 0.3) is 0 Å². The van der Waals surface area contributed by atoms with Gasteiger partial charge in [0.2, 0.25) is 0 Å². The summed E-state index contributed by atoms with van der Waals surface area (Å²) in [5.74, 6) is 0. The Hall–Kier alpha value is -1.10. The van der Waals surface area contributed by atoms with Gasteiger partial charge < -0.3 is 0 Å². The molecule has 96 valence electrons. The number of halogens is 3. The molecule has 1 rings (SSSR count). The average Bonchev–Trinajstić information content (AvgIpc) is 2.30. The van der Waals surface area contributed by atoms with E-state index in [0.717, 1.165) is 6.54 Å². The van der Waals surface area contributed by atoms with Gasteiger partial charge in [0.25, 0.3) is 0 Å². The molecule has 1 aliphatic rings. The van der Waals surface area contributed by atoms with Gasteiger partial charge in [-0.3, -0.25) is 9.89 Å². The normalized spacial score (nSPS) is 24.8. The van der Waals surface area contributed by atoms with Gasteiger partial charge in [-0.15, -0.1) is 0 Å². The number of aliphatic imine (C=N–C) groups is 1. The van der Waals surface area contributed by atoms with Crippen LogP contribution in [-0.4, -0.2) is 36.4 Å². The molecule has 0 spiro atoms. The van der Waals surface area contributed by atoms with E-state index in [0.29, 0.717) is 5.71 Å². The van der Waals surface area contributed by atoms with Gasteiger partial charge in [-0.05, 0) is 26.5 Å². The lowest BCUT2D eigenvalue weighted by molar-refractivity contribution is -0.132. The number of likely N-dealkylation sites (N-methyl/N-ethyl adjacent to an activating group) is 1. The molecule has 0 saturated heterocycles. The third kappa shape index (κ3) is 5.68. The van der Waals surface area contributed by atoms with E-state index >= 15 is 0 Å². The quantitative estimate of drug-likeness (QED) is 0.730. The Morgan fingerprint density at radius 2 is 2.18 bits per heavy atom. The summed E-state index contributed by atoms with van der Waals surface area (Å²) in [5.41, 5.74) is 0.473. The molecule has 0 N–H and O–H groups in total. The summed E-state index contributed by atoms with van der Waals surface area (Å²) < 4.78 is 36.3. The van der Waals surface area contributed by atoms with E-state index in [-0.39, 0.29) is 12.5 Å². The minimum atomic E-state index is -4.12. The van der Waals surface area contributed by atoms with Gasteiger partial charge in [0.05, 0.1) is 0 Å². The van der Waals surface area contributed by atoms with Crippen LogP contribution in [0, 0.1) is 0 Å². The number of hydrogen-bond donors (Lipinski definition) is 0. The first-order valence-corrected chi connectivity index (χ1v) is 5.55. The number of allylic oxidation sites excluding steroid dienone is 1. The molecule has 0 saturated carbocycles. The summed E-state index contributed by atoms with van der Waals surface area (Å²) in [7, 11) is 1.96. The summed E-state index contributed by atoms with van der Waals surface area (Å²) >= 11 is 0. The van der Waals surface area contributed by atoms with Crippen LogP contribution < -0.4 is 0 Å². The van der Waals surface area contributed by atoms with E-state index in [4.69, 9.17) is 0 Å². The molecular formula is C12H17F3N2. The Morgan fingerprint density at radius 1 is 1.47 bits per heavy atom. The van der Waals surface area contributed by atoms with E-state index in [1.54, 1.807) is 12.3 Å². The molecule has 2 nitrogen and oxygen atoms in total. The van der Waals surface area contributed by atoms with Crippen LogP contribution in [0.5, 0.6) is 0 Å². The second-order valence-corrected chi connectivity index (χ2v) is 4.16. The molecule has 1 atom stereocenters. The minimum absolute atomic E-state index is 0.0687. The smallest absolute Gasteiger partial charge is 0.297 e. The molecule has 0 aromatic rings. The molecule has 0 amide bonds. The molecule has 0 aromatic carbocycles. The fourth-order valence-electron chi connectivity index (χ4n) is 1.39. The Kier molecular flexibility index (Phi) is 4.93. The summed E-state index contributed by atoms with van der Waals surface area (Å²) in [6.07, 6.45) is 1.96. The highest BCUT2D eigenvalue weighted by molar-refractivity contribution is 5.95. The van der Waals surface area contributed by atoms with Crippen LogP contribution in [0.3, 0.4) is 0 Å². The lowest BCUT2D eigenvalue weighted by Crippen LogP contribution is -2.27. The lowest BCUT2D eigenvalue weighted by Gasteiger charge is -2.19. The van der Waals surface area contributed by atoms with Crippen LogP contribution in [0.4, 0.5) is 13.2 Å². The van der Waals surface area contributed by atoms with Gasteiger partial charge in [0, 0.05) is 30.9 Å². The topological polar surface area (TPSA) is 15.6 Å². The molecule has 1 heterocycles. The van der Waals surface area contributed by atoms with Crippen molar-refractivity contribution in [2.75, 3.05) is 13.6 Å². The van der Waals surface area contributed by atoms with Crippen LogP contribution in [-0.2, 0) is 0 Å². The van der Waals surface area contributed by atoms with Gasteiger partial charge in [-0.25, -0.2) is 0 Å². The molecule has 0 aromatic heterocycles. The van der Waals surface area contributed by atoms with Crippen molar-refractivity contribution in [3.05, 3.63) is 24.4 Å². The Balaban J connectivity index is 2.67. The van der Waals surface area contributed by atoms with E-state index in [2.05, 4.69) is 9.89 Å². The summed E-state index contributed by atoms with van der Waals surface area (Å²) in [6, 6.07) is 0.189. The number of alkyl halides is 3. The first-order chi connectivity index (χ1) is 7.88. The summed E-state index contributed by atoms with van der Waals surface area (Å²) in [4.78, 5) is 6.12. The van der Waals surface area contributed by atoms with Crippen molar-refractivity contribution in [2.45, 2.75) is 32.0 Å². The predicted octanol–water partition coefficient (Wildman–Crippen LogP) is 3.17. The molecular weight excluding hydrogens is 229 g/mol. The highest BCUT2D eigenvalue weighted by atomic mass is 19.4. The zero-order chi connectivity index (χ0) is 12.9. The second-order valence-electron chi connectivity index (χ2n) is 4.16. The molecule has 1 aliphatic heterocycles. The van der Waals surface area contributed by atoms with Crippen molar-refractivity contribution in [3.8, 4) is 0 Å². The van der Waals surface area contributed by atoms with Gasteiger partial charge >= 0.3 is 6.18 Å². The zero-order valence-corrected chi connectivity index (χ0v) is 10.0. The van der Waals surface area contributed by atoms with Crippen LogP contribution in [0.15, 0.2) is 29.4 Å². The fourth-order valence-corrected chi connectivity index (χ4v) is 1.39. The number of nitrogens with zero attached hydrogens (tertiary/aromatic N) is 2. The first kappa shape index (κ1) is 14.0. The maximum atomic E-state index is 12.1. The average molecular weight is 246 g/mol. The van der Waals surface area contributed by atoms with Crippen molar-refractivity contribution < 1.29 is 13.2 Å². The molecule has 1 unspecified atom stereocenters. The number of hydrogen-bond acceptors (Lipinski definition) is 2. The fraction of sp³-hybridized carbons (Fsp3) is 0.583. The maximum absolute atomic E-state index is 12.1. The Bertz CT molecular complexity index is 329. The van der Waals surface area contributed by atoms with Crippen molar-refractivity contribution >= 4 is 5.71 Å². The van der Waals surface area contributed by atoms with Crippen LogP contribution in [0.2, 0.25) is 0 Å². The Labute approximate surface area is 99.5 Å². The third-order valence-electron chi connectivity index (χ3n) is 2.67. The van der Waals surface area contributed by atoms with Crippen molar-refractivity contribution in [2.24, 2.45) is 4.99 Å². The van der Waals surface area contributed by atoms with Crippen molar-refractivity contribution in [1.82, 2.24) is 4.90 Å². The summed E-state index contributed by atoms with van der Waals surface area (Å²) in [5, 5.41) is 0. The zero-order valence-electron chi connectivity index (χ0n) is 10.0. The monoisotopic (exact) mass is 246 g/mol. The number of rotatable bonds is 2. The molecule has 0 fully saturated rings. The van der Waals surface area contributed by atoms with Crippen molar-refractivity contribution in [3.63, 3.8) is 0 Å². The second kappa shape index (κ2) is 6.00. The minimum Gasteiger partial charge on any atom is -0.297 e. The maximum Gasteiger partial charge on any atom is 0.389 e. The lowest BCUT2D eigenvalue weighted by atomic mass is 10.1. The molecule has 5 heteroatoms. The third-order valence-corrected chi connectivity index (χ3v) is 2.67. The van der Waals surface area contributed by atoms with E-state index in [9.17, 15) is 13.2 Å². The SMILES string of the molecule is CC1C=CC(CCC(F)(F)F)=N/C=C\CN1C. The molecule has 0 bridgehead atoms. The standard InChI is InChI=1S/C12H17F3N2/c1-10-4-5-11(6-7-12(13,14)15)16-8-3-9-17(10)2/h3-5,8,10H,6-7,9H2,1-2H3/b5-4?,8-3-,16-11?. The van der Waals surface area contributed by atoms with Gasteiger partial charge in [0.1, 0.15) is 0 Å². The largest absolute Gasteiger partial charge is 0.389 e. The van der Waals surface area contributed by atoms with E-state index in [1.165, 1.54) is 0 Å². The van der Waals surface area contributed by atoms with Gasteiger partial charge in [0.15, 0.2) is 0 Å².